The zero-order valence-electron chi connectivity index (χ0n) is 15.5. The number of carboxylic acids is 1. The van der Waals surface area contributed by atoms with Gasteiger partial charge in [0.05, 0.1) is 0 Å². The maximum atomic E-state index is 12.2. The zero-order valence-corrected chi connectivity index (χ0v) is 15.5. The van der Waals surface area contributed by atoms with E-state index in [4.69, 9.17) is 5.11 Å². The number of carbonyl (C=O) groups excluding carboxylic acids is 1. The number of carboxylic acid groups (broad SMARTS) is 1. The summed E-state index contributed by atoms with van der Waals surface area (Å²) in [5.41, 5.74) is 0. The van der Waals surface area contributed by atoms with E-state index in [1.165, 1.54) is 0 Å². The summed E-state index contributed by atoms with van der Waals surface area (Å²) < 4.78 is 0. The highest BCUT2D eigenvalue weighted by Gasteiger charge is 2.23. The summed E-state index contributed by atoms with van der Waals surface area (Å²) >= 11 is 0. The van der Waals surface area contributed by atoms with Gasteiger partial charge in [-0.15, -0.1) is 0 Å². The Morgan fingerprint density at radius 2 is 1.79 bits per heavy atom. The van der Waals surface area contributed by atoms with Crippen LogP contribution in [0.5, 0.6) is 0 Å². The smallest absolute Gasteiger partial charge is 0.320 e. The molecule has 3 unspecified atom stereocenters. The Kier molecular flexibility index (Phi) is 9.25. The number of hydrogen-bond donors (Lipinski definition) is 4. The summed E-state index contributed by atoms with van der Waals surface area (Å²) in [6.45, 7) is 11.1. The van der Waals surface area contributed by atoms with Crippen molar-refractivity contribution in [3.8, 4) is 0 Å². The quantitative estimate of drug-likeness (QED) is 0.451. The first-order valence-corrected chi connectivity index (χ1v) is 8.97. The van der Waals surface area contributed by atoms with Crippen molar-refractivity contribution >= 4 is 11.9 Å². The predicted molar refractivity (Wildman–Crippen MR) is 95.0 cm³/mol. The van der Waals surface area contributed by atoms with Crippen LogP contribution in [-0.2, 0) is 9.59 Å². The lowest BCUT2D eigenvalue weighted by atomic mass is 9.99. The van der Waals surface area contributed by atoms with Crippen LogP contribution in [0.3, 0.4) is 0 Å². The Bertz CT molecular complexity index is 399. The van der Waals surface area contributed by atoms with Crippen LogP contribution in [0.2, 0.25) is 0 Å². The molecule has 0 bridgehead atoms. The van der Waals surface area contributed by atoms with Crippen LogP contribution in [-0.4, -0.2) is 73.7 Å². The molecule has 1 rings (SSSR count). The van der Waals surface area contributed by atoms with Gasteiger partial charge in [-0.3, -0.25) is 14.5 Å². The van der Waals surface area contributed by atoms with Gasteiger partial charge in [-0.05, 0) is 32.7 Å². The highest BCUT2D eigenvalue weighted by atomic mass is 16.4. The van der Waals surface area contributed by atoms with E-state index in [2.05, 4.69) is 34.7 Å². The lowest BCUT2D eigenvalue weighted by molar-refractivity contribution is -0.140. The largest absolute Gasteiger partial charge is 0.480 e. The number of aliphatic carboxylic acids is 1. The van der Waals surface area contributed by atoms with E-state index in [1.807, 2.05) is 0 Å². The molecule has 4 N–H and O–H groups in total. The summed E-state index contributed by atoms with van der Waals surface area (Å²) in [5, 5.41) is 18.1. The Morgan fingerprint density at radius 1 is 1.17 bits per heavy atom. The second kappa shape index (κ2) is 10.6. The molecule has 24 heavy (non-hydrogen) atoms. The van der Waals surface area contributed by atoms with Crippen LogP contribution in [0.15, 0.2) is 0 Å². The van der Waals surface area contributed by atoms with Crippen molar-refractivity contribution in [1.29, 1.82) is 0 Å². The molecule has 0 aromatic rings. The molecule has 0 radical (unpaired) electrons. The van der Waals surface area contributed by atoms with Gasteiger partial charge >= 0.3 is 5.97 Å². The summed E-state index contributed by atoms with van der Waals surface area (Å²) in [6, 6.07) is -0.173. The van der Waals surface area contributed by atoms with Gasteiger partial charge in [0.25, 0.3) is 0 Å². The Balaban J connectivity index is 2.30. The molecule has 1 heterocycles. The van der Waals surface area contributed by atoms with Gasteiger partial charge in [0, 0.05) is 44.7 Å². The molecule has 1 saturated heterocycles. The van der Waals surface area contributed by atoms with E-state index in [-0.39, 0.29) is 11.8 Å². The third-order valence-corrected chi connectivity index (χ3v) is 4.83. The maximum Gasteiger partial charge on any atom is 0.320 e. The fourth-order valence-electron chi connectivity index (χ4n) is 3.19. The van der Waals surface area contributed by atoms with Crippen molar-refractivity contribution in [1.82, 2.24) is 20.9 Å². The number of hydrogen-bond acceptors (Lipinski definition) is 5. The van der Waals surface area contributed by atoms with Crippen molar-refractivity contribution < 1.29 is 14.7 Å². The number of carbonyl (C=O) groups is 2. The number of nitrogens with zero attached hydrogens (tertiary/aromatic N) is 1. The summed E-state index contributed by atoms with van der Waals surface area (Å²) in [4.78, 5) is 25.7. The molecule has 1 amide bonds. The summed E-state index contributed by atoms with van der Waals surface area (Å²) in [7, 11) is 1.60. The van der Waals surface area contributed by atoms with Gasteiger partial charge < -0.3 is 21.1 Å². The average Bonchev–Trinajstić information content (AvgIpc) is 2.57. The topological polar surface area (TPSA) is 93.7 Å². The fraction of sp³-hybridized carbons (Fsp3) is 0.882. The Morgan fingerprint density at radius 3 is 2.33 bits per heavy atom. The van der Waals surface area contributed by atoms with Crippen LogP contribution >= 0.6 is 0 Å². The van der Waals surface area contributed by atoms with E-state index in [0.717, 1.165) is 32.6 Å². The average molecular weight is 342 g/mol. The van der Waals surface area contributed by atoms with Crippen molar-refractivity contribution in [2.75, 3.05) is 39.8 Å². The van der Waals surface area contributed by atoms with Crippen LogP contribution in [0, 0.1) is 11.8 Å². The first-order valence-electron chi connectivity index (χ1n) is 8.97. The third-order valence-electron chi connectivity index (χ3n) is 4.83. The van der Waals surface area contributed by atoms with Gasteiger partial charge in [-0.2, -0.15) is 0 Å². The first-order chi connectivity index (χ1) is 11.3. The molecule has 1 fully saturated rings. The molecular weight excluding hydrogens is 308 g/mol. The summed E-state index contributed by atoms with van der Waals surface area (Å²) in [5.74, 6) is -0.921. The molecule has 0 aliphatic carbocycles. The zero-order chi connectivity index (χ0) is 18.1. The molecule has 140 valence electrons. The van der Waals surface area contributed by atoms with Crippen LogP contribution < -0.4 is 16.0 Å². The minimum Gasteiger partial charge on any atom is -0.480 e. The second-order valence-corrected chi connectivity index (χ2v) is 7.04. The maximum absolute atomic E-state index is 12.2. The van der Waals surface area contributed by atoms with Gasteiger partial charge in [-0.1, -0.05) is 13.8 Å². The minimum atomic E-state index is -0.921. The van der Waals surface area contributed by atoms with Crippen molar-refractivity contribution in [2.45, 2.75) is 45.7 Å². The number of piperazine rings is 1. The number of nitrogens with one attached hydrogen (secondary N) is 3. The summed E-state index contributed by atoms with van der Waals surface area (Å²) in [6.07, 6.45) is 1.34. The van der Waals surface area contributed by atoms with Crippen LogP contribution in [0.4, 0.5) is 0 Å². The molecule has 1 aliphatic heterocycles. The second-order valence-electron chi connectivity index (χ2n) is 7.04. The molecule has 1 aliphatic rings. The van der Waals surface area contributed by atoms with Crippen molar-refractivity contribution in [2.24, 2.45) is 11.8 Å². The molecule has 7 heteroatoms. The monoisotopic (exact) mass is 342 g/mol. The molecule has 4 atom stereocenters. The Hall–Kier alpha value is -1.18. The van der Waals surface area contributed by atoms with Gasteiger partial charge in [0.15, 0.2) is 0 Å². The molecule has 0 aromatic heterocycles. The van der Waals surface area contributed by atoms with Gasteiger partial charge in [0.1, 0.15) is 6.04 Å². The molecular formula is C17H34N4O3. The Labute approximate surface area is 145 Å². The predicted octanol–water partition coefficient (Wildman–Crippen LogP) is 0.121. The van der Waals surface area contributed by atoms with Crippen LogP contribution in [0.25, 0.3) is 0 Å². The fourth-order valence-corrected chi connectivity index (χ4v) is 3.19. The molecule has 0 aromatic carbocycles. The number of likely N-dealkylation sites (N-methyl/N-ethyl adjacent to an activating group) is 1. The lowest BCUT2D eigenvalue weighted by Crippen LogP contribution is -2.48. The van der Waals surface area contributed by atoms with E-state index in [1.54, 1.807) is 14.0 Å². The molecule has 0 saturated carbocycles. The van der Waals surface area contributed by atoms with Crippen LogP contribution in [0.1, 0.15) is 33.6 Å². The third kappa shape index (κ3) is 7.15. The SMILES string of the molecule is CN[C@@H](CC(C)C(=O)NCC(C)CC(C)N1CCNCC1)C(=O)O. The number of rotatable bonds is 10. The standard InChI is InChI=1S/C17H34N4O3/c1-12(9-14(3)21-7-5-19-6-8-21)11-20-16(22)13(2)10-15(18-4)17(23)24/h12-15,18-19H,5-11H2,1-4H3,(H,20,22)(H,23,24)/t12?,13?,14?,15-/m0/s1. The van der Waals surface area contributed by atoms with Gasteiger partial charge in [-0.25, -0.2) is 0 Å². The lowest BCUT2D eigenvalue weighted by Gasteiger charge is -2.34. The van der Waals surface area contributed by atoms with Gasteiger partial charge in [0.2, 0.25) is 5.91 Å². The first kappa shape index (κ1) is 20.9. The highest BCUT2D eigenvalue weighted by Crippen LogP contribution is 2.13. The molecule has 7 nitrogen and oxygen atoms in total. The van der Waals surface area contributed by atoms with Crippen molar-refractivity contribution in [3.63, 3.8) is 0 Å². The van der Waals surface area contributed by atoms with E-state index >= 15 is 0 Å². The minimum absolute atomic E-state index is 0.0711. The van der Waals surface area contributed by atoms with E-state index in [0.29, 0.717) is 24.9 Å². The molecule has 0 spiro atoms. The highest BCUT2D eigenvalue weighted by molar-refractivity contribution is 5.80. The number of amides is 1. The van der Waals surface area contributed by atoms with E-state index in [9.17, 15) is 9.59 Å². The van der Waals surface area contributed by atoms with E-state index < -0.39 is 12.0 Å². The normalized spacial score (nSPS) is 20.8. The van der Waals surface area contributed by atoms with Crippen molar-refractivity contribution in [3.05, 3.63) is 0 Å².